The Bertz CT molecular complexity index is 902. The normalized spacial score (nSPS) is 17.4. The maximum atomic E-state index is 12.6. The molecule has 1 aliphatic carbocycles. The highest BCUT2D eigenvalue weighted by atomic mass is 32.2. The average Bonchev–Trinajstić information content (AvgIpc) is 3.32. The zero-order chi connectivity index (χ0) is 18.2. The molecule has 1 atom stereocenters. The molecule has 2 aromatic rings. The van der Waals surface area contributed by atoms with E-state index in [-0.39, 0.29) is 18.2 Å². The summed E-state index contributed by atoms with van der Waals surface area (Å²) in [6.45, 7) is 2.37. The maximum absolute atomic E-state index is 12.6. The van der Waals surface area contributed by atoms with Crippen molar-refractivity contribution in [3.05, 3.63) is 30.1 Å². The Kier molecular flexibility index (Phi) is 4.59. The smallest absolute Gasteiger partial charge is 0.240 e. The molecule has 8 heteroatoms. The second-order valence-electron chi connectivity index (χ2n) is 7.12. The van der Waals surface area contributed by atoms with Crippen LogP contribution in [-0.4, -0.2) is 42.2 Å². The van der Waals surface area contributed by atoms with Crippen LogP contribution in [0.5, 0.6) is 0 Å². The lowest BCUT2D eigenvalue weighted by Crippen LogP contribution is -2.54. The number of imidazole rings is 1. The van der Waals surface area contributed by atoms with Crippen LogP contribution >= 0.6 is 0 Å². The van der Waals surface area contributed by atoms with E-state index in [0.29, 0.717) is 23.8 Å². The van der Waals surface area contributed by atoms with Gasteiger partial charge in [0.1, 0.15) is 18.1 Å². The van der Waals surface area contributed by atoms with Crippen LogP contribution in [0.4, 0.5) is 0 Å². The zero-order valence-electron chi connectivity index (χ0n) is 14.5. The molecule has 3 rings (SSSR count). The van der Waals surface area contributed by atoms with Crippen molar-refractivity contribution in [3.8, 4) is 0 Å². The van der Waals surface area contributed by atoms with Gasteiger partial charge in [0, 0.05) is 12.8 Å². The van der Waals surface area contributed by atoms with E-state index in [1.165, 1.54) is 0 Å². The lowest BCUT2D eigenvalue weighted by Gasteiger charge is -2.29. The van der Waals surface area contributed by atoms with E-state index in [4.69, 9.17) is 5.73 Å². The fourth-order valence-corrected chi connectivity index (χ4v) is 3.88. The number of fused-ring (bicyclic) bond motifs is 1. The molecule has 1 fully saturated rings. The predicted octanol–water partition coefficient (Wildman–Crippen LogP) is 0.825. The molecule has 0 bridgehead atoms. The van der Waals surface area contributed by atoms with E-state index < -0.39 is 15.4 Å². The van der Waals surface area contributed by atoms with Crippen molar-refractivity contribution >= 4 is 26.8 Å². The average molecular weight is 364 g/mol. The first kappa shape index (κ1) is 17.9. The number of hydrogen-bond acceptors (Lipinski definition) is 5. The largest absolute Gasteiger partial charge is 0.348 e. The zero-order valence-corrected chi connectivity index (χ0v) is 15.3. The molecular weight excluding hydrogens is 340 g/mol. The fourth-order valence-electron chi connectivity index (χ4n) is 3.19. The molecule has 136 valence electrons. The van der Waals surface area contributed by atoms with E-state index in [9.17, 15) is 13.2 Å². The number of aromatic nitrogens is 2. The molecule has 1 unspecified atom stereocenters. The number of sulfone groups is 1. The van der Waals surface area contributed by atoms with Crippen molar-refractivity contribution in [2.45, 2.75) is 37.6 Å². The molecule has 25 heavy (non-hydrogen) atoms. The highest BCUT2D eigenvalue weighted by Crippen LogP contribution is 2.39. The number of carbonyl (C=O) groups excluding carboxylic acids is 1. The van der Waals surface area contributed by atoms with Gasteiger partial charge in [0.2, 0.25) is 5.91 Å². The van der Waals surface area contributed by atoms with Crippen LogP contribution in [0.3, 0.4) is 0 Å². The number of nitrogens with one attached hydrogen (secondary N) is 1. The number of benzene rings is 1. The summed E-state index contributed by atoms with van der Waals surface area (Å²) < 4.78 is 25.1. The third-order valence-electron chi connectivity index (χ3n) is 4.75. The molecular formula is C17H24N4O3S. The first-order valence-corrected chi connectivity index (χ1v) is 10.4. The SMILES string of the molecule is CC(CN)(NC(=O)Cn1c(CS(C)(=O)=O)nc2ccccc21)C1CC1. The van der Waals surface area contributed by atoms with Gasteiger partial charge in [0.15, 0.2) is 9.84 Å². The van der Waals surface area contributed by atoms with E-state index in [0.717, 1.165) is 24.6 Å². The lowest BCUT2D eigenvalue weighted by molar-refractivity contribution is -0.123. The van der Waals surface area contributed by atoms with Gasteiger partial charge in [-0.1, -0.05) is 12.1 Å². The van der Waals surface area contributed by atoms with E-state index in [2.05, 4.69) is 10.3 Å². The summed E-state index contributed by atoms with van der Waals surface area (Å²) in [5.41, 5.74) is 6.87. The maximum Gasteiger partial charge on any atom is 0.240 e. The Morgan fingerprint density at radius 1 is 1.40 bits per heavy atom. The number of amides is 1. The molecule has 3 N–H and O–H groups in total. The van der Waals surface area contributed by atoms with Crippen LogP contribution in [0.2, 0.25) is 0 Å². The van der Waals surface area contributed by atoms with E-state index in [1.807, 2.05) is 31.2 Å². The molecule has 1 heterocycles. The van der Waals surface area contributed by atoms with Gasteiger partial charge in [0.25, 0.3) is 0 Å². The van der Waals surface area contributed by atoms with Crippen molar-refractivity contribution in [1.29, 1.82) is 0 Å². The molecule has 1 aliphatic rings. The third kappa shape index (κ3) is 4.01. The van der Waals surface area contributed by atoms with E-state index in [1.54, 1.807) is 4.57 Å². The van der Waals surface area contributed by atoms with Crippen LogP contribution in [0.15, 0.2) is 24.3 Å². The number of rotatable bonds is 7. The Morgan fingerprint density at radius 3 is 2.68 bits per heavy atom. The summed E-state index contributed by atoms with van der Waals surface area (Å²) in [4.78, 5) is 17.0. The number of hydrogen-bond donors (Lipinski definition) is 2. The summed E-state index contributed by atoms with van der Waals surface area (Å²) >= 11 is 0. The molecule has 7 nitrogen and oxygen atoms in total. The second-order valence-corrected chi connectivity index (χ2v) is 9.26. The van der Waals surface area contributed by atoms with Crippen molar-refractivity contribution in [1.82, 2.24) is 14.9 Å². The van der Waals surface area contributed by atoms with Gasteiger partial charge in [-0.15, -0.1) is 0 Å². The fraction of sp³-hybridized carbons (Fsp3) is 0.529. The molecule has 1 aromatic heterocycles. The topological polar surface area (TPSA) is 107 Å². The van der Waals surface area contributed by atoms with Crippen LogP contribution < -0.4 is 11.1 Å². The van der Waals surface area contributed by atoms with Gasteiger partial charge in [-0.25, -0.2) is 13.4 Å². The molecule has 0 radical (unpaired) electrons. The highest BCUT2D eigenvalue weighted by Gasteiger charge is 2.41. The van der Waals surface area contributed by atoms with Crippen molar-refractivity contribution < 1.29 is 13.2 Å². The van der Waals surface area contributed by atoms with Gasteiger partial charge in [-0.2, -0.15) is 0 Å². The van der Waals surface area contributed by atoms with Gasteiger partial charge in [-0.05, 0) is 37.8 Å². The standard InChI is InChI=1S/C17H24N4O3S/c1-17(11-18,12-7-8-12)20-16(22)9-21-14-6-4-3-5-13(14)19-15(21)10-25(2,23)24/h3-6,12H,7-11,18H2,1-2H3,(H,20,22). The monoisotopic (exact) mass is 364 g/mol. The Morgan fingerprint density at radius 2 is 2.08 bits per heavy atom. The van der Waals surface area contributed by atoms with Crippen LogP contribution in [-0.2, 0) is 26.9 Å². The summed E-state index contributed by atoms with van der Waals surface area (Å²) in [5, 5.41) is 3.04. The summed E-state index contributed by atoms with van der Waals surface area (Å²) in [5.74, 6) is 0.403. The summed E-state index contributed by atoms with van der Waals surface area (Å²) in [7, 11) is -3.26. The lowest BCUT2D eigenvalue weighted by atomic mass is 9.96. The van der Waals surface area contributed by atoms with Gasteiger partial charge in [0.05, 0.1) is 16.6 Å². The predicted molar refractivity (Wildman–Crippen MR) is 96.6 cm³/mol. The Labute approximate surface area is 147 Å². The van der Waals surface area contributed by atoms with Gasteiger partial charge in [-0.3, -0.25) is 4.79 Å². The van der Waals surface area contributed by atoms with Crippen LogP contribution in [0.25, 0.3) is 11.0 Å². The summed E-state index contributed by atoms with van der Waals surface area (Å²) in [6, 6.07) is 7.33. The number of carbonyl (C=O) groups is 1. The molecule has 0 spiro atoms. The number of nitrogens with zero attached hydrogens (tertiary/aromatic N) is 2. The minimum Gasteiger partial charge on any atom is -0.348 e. The van der Waals surface area contributed by atoms with Crippen molar-refractivity contribution in [3.63, 3.8) is 0 Å². The molecule has 1 amide bonds. The Balaban J connectivity index is 1.89. The minimum atomic E-state index is -3.26. The summed E-state index contributed by atoms with van der Waals surface area (Å²) in [6.07, 6.45) is 3.30. The quantitative estimate of drug-likeness (QED) is 0.756. The van der Waals surface area contributed by atoms with Crippen molar-refractivity contribution in [2.24, 2.45) is 11.7 Å². The second kappa shape index (κ2) is 6.42. The van der Waals surface area contributed by atoms with E-state index >= 15 is 0 Å². The van der Waals surface area contributed by atoms with Crippen LogP contribution in [0.1, 0.15) is 25.6 Å². The molecule has 0 saturated heterocycles. The first-order chi connectivity index (χ1) is 11.7. The van der Waals surface area contributed by atoms with Crippen LogP contribution in [0, 0.1) is 5.92 Å². The molecule has 1 aromatic carbocycles. The minimum absolute atomic E-state index is 0.0215. The molecule has 1 saturated carbocycles. The van der Waals surface area contributed by atoms with Crippen molar-refractivity contribution in [2.75, 3.05) is 12.8 Å². The third-order valence-corrected chi connectivity index (χ3v) is 5.54. The number of nitrogens with two attached hydrogens (primary N) is 1. The number of para-hydroxylation sites is 2. The highest BCUT2D eigenvalue weighted by molar-refractivity contribution is 7.89. The Hall–Kier alpha value is -1.93. The van der Waals surface area contributed by atoms with Gasteiger partial charge < -0.3 is 15.6 Å². The molecule has 0 aliphatic heterocycles. The van der Waals surface area contributed by atoms with Gasteiger partial charge >= 0.3 is 0 Å². The first-order valence-electron chi connectivity index (χ1n) is 8.35.